The summed E-state index contributed by atoms with van der Waals surface area (Å²) in [4.78, 5) is 50.8. The third-order valence-corrected chi connectivity index (χ3v) is 6.63. The van der Waals surface area contributed by atoms with Gasteiger partial charge in [0.2, 0.25) is 5.91 Å². The van der Waals surface area contributed by atoms with Crippen molar-refractivity contribution in [1.82, 2.24) is 4.90 Å². The molecule has 0 aliphatic carbocycles. The number of esters is 1. The van der Waals surface area contributed by atoms with Gasteiger partial charge in [-0.25, -0.2) is 4.79 Å². The van der Waals surface area contributed by atoms with E-state index in [2.05, 4.69) is 32.6 Å². The van der Waals surface area contributed by atoms with E-state index in [-0.39, 0.29) is 27.8 Å². The number of imide groups is 1. The Morgan fingerprint density at radius 1 is 1.22 bits per heavy atom. The van der Waals surface area contributed by atoms with Gasteiger partial charge in [-0.15, -0.1) is 0 Å². The first-order chi connectivity index (χ1) is 17.7. The smallest absolute Gasteiger partial charge is 0.339 e. The van der Waals surface area contributed by atoms with Gasteiger partial charge >= 0.3 is 5.97 Å². The molecule has 0 spiro atoms. The van der Waals surface area contributed by atoms with Crippen molar-refractivity contribution in [2.24, 2.45) is 0 Å². The van der Waals surface area contributed by atoms with E-state index in [0.29, 0.717) is 28.1 Å². The van der Waals surface area contributed by atoms with Gasteiger partial charge in [0.15, 0.2) is 11.5 Å². The molecule has 2 aromatic carbocycles. The largest absolute Gasteiger partial charge is 0.490 e. The summed E-state index contributed by atoms with van der Waals surface area (Å²) in [5, 5.41) is 2.11. The molecule has 1 fully saturated rings. The molecule has 0 atom stereocenters. The van der Waals surface area contributed by atoms with E-state index in [0.717, 1.165) is 16.7 Å². The van der Waals surface area contributed by atoms with Gasteiger partial charge in [-0.3, -0.25) is 19.3 Å². The minimum absolute atomic E-state index is 0.0644. The first kappa shape index (κ1) is 28.3. The minimum Gasteiger partial charge on any atom is -0.490 e. The molecular weight excluding hydrogens is 588 g/mol. The van der Waals surface area contributed by atoms with Crippen LogP contribution in [0.1, 0.15) is 22.8 Å². The number of methoxy groups -OCH3 is 1. The topological polar surface area (TPSA) is 111 Å². The predicted octanol–water partition coefficient (Wildman–Crippen LogP) is 5.53. The highest BCUT2D eigenvalue weighted by Crippen LogP contribution is 2.39. The van der Waals surface area contributed by atoms with Crippen molar-refractivity contribution in [3.63, 3.8) is 0 Å². The number of amides is 3. The lowest BCUT2D eigenvalue weighted by molar-refractivity contribution is -0.127. The minimum atomic E-state index is -0.670. The number of ether oxygens (including phenoxy) is 3. The Kier molecular flexibility index (Phi) is 9.79. The molecule has 9 nitrogen and oxygen atoms in total. The fourth-order valence-corrected chi connectivity index (χ4v) is 4.82. The number of halogens is 2. The number of hydrogen-bond acceptors (Lipinski definition) is 8. The van der Waals surface area contributed by atoms with Crippen LogP contribution in [0.3, 0.4) is 0 Å². The summed E-state index contributed by atoms with van der Waals surface area (Å²) < 4.78 is 16.6. The zero-order chi connectivity index (χ0) is 27.1. The van der Waals surface area contributed by atoms with Crippen molar-refractivity contribution >= 4 is 74.1 Å². The van der Waals surface area contributed by atoms with Crippen molar-refractivity contribution in [2.75, 3.05) is 32.2 Å². The molecule has 3 rings (SSSR count). The SMILES string of the molecule is C=CCOc1c(Br)cc(/C=C2/SC(=O)N(CC(=O)Nc3ccc(Cl)c(C(=O)OC)c3)C2=O)cc1OCC. The fraction of sp³-hybridized carbons (Fsp3) is 0.200. The van der Waals surface area contributed by atoms with Gasteiger partial charge in [0.25, 0.3) is 11.1 Å². The van der Waals surface area contributed by atoms with Crippen LogP contribution in [0, 0.1) is 0 Å². The van der Waals surface area contributed by atoms with Gasteiger partial charge in [0.05, 0.1) is 33.7 Å². The highest BCUT2D eigenvalue weighted by molar-refractivity contribution is 9.10. The highest BCUT2D eigenvalue weighted by Gasteiger charge is 2.36. The van der Waals surface area contributed by atoms with Crippen LogP contribution in [0.15, 0.2) is 52.4 Å². The molecule has 3 amide bonds. The highest BCUT2D eigenvalue weighted by atomic mass is 79.9. The van der Waals surface area contributed by atoms with Crippen molar-refractivity contribution in [2.45, 2.75) is 6.92 Å². The van der Waals surface area contributed by atoms with Gasteiger partial charge in [0.1, 0.15) is 13.2 Å². The molecule has 0 saturated carbocycles. The molecule has 1 aliphatic heterocycles. The first-order valence-corrected chi connectivity index (χ1v) is 12.8. The monoisotopic (exact) mass is 608 g/mol. The van der Waals surface area contributed by atoms with Crippen LogP contribution in [0.4, 0.5) is 10.5 Å². The lowest BCUT2D eigenvalue weighted by Crippen LogP contribution is -2.36. The third-order valence-electron chi connectivity index (χ3n) is 4.81. The Morgan fingerprint density at radius 3 is 2.65 bits per heavy atom. The molecule has 194 valence electrons. The van der Waals surface area contributed by atoms with E-state index in [4.69, 9.17) is 21.1 Å². The summed E-state index contributed by atoms with van der Waals surface area (Å²) in [6, 6.07) is 7.66. The molecule has 37 heavy (non-hydrogen) atoms. The number of benzene rings is 2. The molecule has 0 radical (unpaired) electrons. The predicted molar refractivity (Wildman–Crippen MR) is 145 cm³/mol. The van der Waals surface area contributed by atoms with Gasteiger partial charge in [-0.1, -0.05) is 24.3 Å². The molecule has 0 aromatic heterocycles. The van der Waals surface area contributed by atoms with Crippen LogP contribution in [0.25, 0.3) is 6.08 Å². The molecule has 1 saturated heterocycles. The van der Waals surface area contributed by atoms with Crippen LogP contribution in [-0.2, 0) is 14.3 Å². The number of carbonyl (C=O) groups is 4. The molecule has 12 heteroatoms. The number of nitrogens with one attached hydrogen (secondary N) is 1. The first-order valence-electron chi connectivity index (χ1n) is 10.8. The standard InChI is InChI=1S/C25H22BrClN2O7S/c1-4-8-36-22-17(26)9-14(10-19(22)35-5-2)11-20-23(31)29(25(33)37-20)13-21(30)28-15-6-7-18(27)16(12-15)24(32)34-3/h4,6-7,9-12H,1,5,8,13H2,2-3H3,(H,28,30)/b20-11+. The fourth-order valence-electron chi connectivity index (χ4n) is 3.22. The van der Waals surface area contributed by atoms with Crippen LogP contribution in [0.2, 0.25) is 5.02 Å². The van der Waals surface area contributed by atoms with Crippen LogP contribution in [-0.4, -0.2) is 54.8 Å². The number of rotatable bonds is 10. The van der Waals surface area contributed by atoms with Crippen molar-refractivity contribution < 1.29 is 33.4 Å². The maximum absolute atomic E-state index is 12.9. The van der Waals surface area contributed by atoms with Gasteiger partial charge in [-0.2, -0.15) is 0 Å². The van der Waals surface area contributed by atoms with Crippen LogP contribution < -0.4 is 14.8 Å². The Bertz CT molecular complexity index is 1300. The normalized spacial score (nSPS) is 14.1. The second-order valence-corrected chi connectivity index (χ2v) is 9.62. The van der Waals surface area contributed by atoms with E-state index in [1.807, 2.05) is 6.92 Å². The Morgan fingerprint density at radius 2 is 1.97 bits per heavy atom. The number of nitrogens with zero attached hydrogens (tertiary/aromatic N) is 1. The lowest BCUT2D eigenvalue weighted by atomic mass is 10.2. The average Bonchev–Trinajstić information content (AvgIpc) is 3.11. The molecule has 1 aliphatic rings. The summed E-state index contributed by atoms with van der Waals surface area (Å²) in [5.41, 5.74) is 0.909. The Hall–Kier alpha value is -3.28. The van der Waals surface area contributed by atoms with Crippen molar-refractivity contribution in [3.8, 4) is 11.5 Å². The number of thioether (sulfide) groups is 1. The van der Waals surface area contributed by atoms with E-state index in [1.54, 1.807) is 18.2 Å². The van der Waals surface area contributed by atoms with Crippen LogP contribution >= 0.6 is 39.3 Å². The number of anilines is 1. The summed E-state index contributed by atoms with van der Waals surface area (Å²) in [7, 11) is 1.21. The lowest BCUT2D eigenvalue weighted by Gasteiger charge is -2.14. The van der Waals surface area contributed by atoms with E-state index in [9.17, 15) is 19.2 Å². The van der Waals surface area contributed by atoms with E-state index < -0.39 is 29.6 Å². The maximum atomic E-state index is 12.9. The van der Waals surface area contributed by atoms with Crippen molar-refractivity contribution in [3.05, 3.63) is 68.5 Å². The maximum Gasteiger partial charge on any atom is 0.339 e. The van der Waals surface area contributed by atoms with Gasteiger partial charge in [0, 0.05) is 5.69 Å². The van der Waals surface area contributed by atoms with E-state index in [1.165, 1.54) is 31.4 Å². The second-order valence-electron chi connectivity index (χ2n) is 7.36. The number of hydrogen-bond donors (Lipinski definition) is 1. The van der Waals surface area contributed by atoms with Crippen molar-refractivity contribution in [1.29, 1.82) is 0 Å². The van der Waals surface area contributed by atoms with Gasteiger partial charge < -0.3 is 19.5 Å². The quantitative estimate of drug-likeness (QED) is 0.213. The van der Waals surface area contributed by atoms with Gasteiger partial charge in [-0.05, 0) is 76.6 Å². The van der Waals surface area contributed by atoms with Crippen LogP contribution in [0.5, 0.6) is 11.5 Å². The summed E-state index contributed by atoms with van der Waals surface area (Å²) in [5.74, 6) is -0.972. The second kappa shape index (κ2) is 12.8. The Labute approximate surface area is 230 Å². The molecular formula is C25H22BrClN2O7S. The zero-order valence-electron chi connectivity index (χ0n) is 19.8. The van der Waals surface area contributed by atoms with E-state index >= 15 is 0 Å². The zero-order valence-corrected chi connectivity index (χ0v) is 23.0. The molecule has 2 aromatic rings. The molecule has 1 heterocycles. The molecule has 0 unspecified atom stereocenters. The summed E-state index contributed by atoms with van der Waals surface area (Å²) >= 11 is 10.2. The third kappa shape index (κ3) is 6.94. The Balaban J connectivity index is 1.76. The molecule has 0 bridgehead atoms. The number of carbonyl (C=O) groups excluding carboxylic acids is 4. The average molecular weight is 610 g/mol. The summed E-state index contributed by atoms with van der Waals surface area (Å²) in [6.45, 7) is 5.61. The molecule has 1 N–H and O–H groups in total. The summed E-state index contributed by atoms with van der Waals surface area (Å²) in [6.07, 6.45) is 3.14.